The third-order valence-electron chi connectivity index (χ3n) is 3.37. The predicted molar refractivity (Wildman–Crippen MR) is 74.3 cm³/mol. The average molecular weight is 252 g/mol. The van der Waals surface area contributed by atoms with Gasteiger partial charge in [0.1, 0.15) is 5.75 Å². The number of anilines is 1. The van der Waals surface area contributed by atoms with Crippen molar-refractivity contribution in [3.63, 3.8) is 0 Å². The van der Waals surface area contributed by atoms with Crippen molar-refractivity contribution in [2.75, 3.05) is 25.1 Å². The van der Waals surface area contributed by atoms with E-state index in [1.54, 1.807) is 6.07 Å². The minimum atomic E-state index is 0.176. The van der Waals surface area contributed by atoms with Crippen molar-refractivity contribution in [3.8, 4) is 5.75 Å². The van der Waals surface area contributed by atoms with Crippen molar-refractivity contribution in [2.45, 2.75) is 24.6 Å². The van der Waals surface area contributed by atoms with Crippen molar-refractivity contribution in [1.82, 2.24) is 4.90 Å². The molecule has 1 heterocycles. The fraction of sp³-hybridized carbons (Fsp3) is 0.538. The van der Waals surface area contributed by atoms with Gasteiger partial charge < -0.3 is 10.8 Å². The van der Waals surface area contributed by atoms with Gasteiger partial charge in [0.05, 0.1) is 5.69 Å². The summed E-state index contributed by atoms with van der Waals surface area (Å²) in [7, 11) is 0. The number of benzene rings is 1. The average Bonchev–Trinajstić information content (AvgIpc) is 2.35. The molecule has 0 unspecified atom stereocenters. The maximum Gasteiger partial charge on any atom is 0.138 e. The van der Waals surface area contributed by atoms with Crippen LogP contribution >= 0.6 is 11.8 Å². The highest BCUT2D eigenvalue weighted by Crippen LogP contribution is 2.24. The fourth-order valence-electron chi connectivity index (χ4n) is 2.26. The molecule has 4 heteroatoms. The quantitative estimate of drug-likeness (QED) is 0.640. The van der Waals surface area contributed by atoms with E-state index in [2.05, 4.69) is 11.2 Å². The monoisotopic (exact) mass is 252 g/mol. The molecule has 1 aromatic carbocycles. The van der Waals surface area contributed by atoms with E-state index >= 15 is 0 Å². The van der Waals surface area contributed by atoms with Crippen molar-refractivity contribution in [3.05, 3.63) is 23.8 Å². The van der Waals surface area contributed by atoms with Gasteiger partial charge >= 0.3 is 0 Å². The van der Waals surface area contributed by atoms with E-state index < -0.39 is 0 Å². The van der Waals surface area contributed by atoms with Crippen LogP contribution in [0.1, 0.15) is 18.4 Å². The van der Waals surface area contributed by atoms with Gasteiger partial charge in [-0.15, -0.1) is 0 Å². The van der Waals surface area contributed by atoms with E-state index in [1.807, 2.05) is 23.9 Å². The molecule has 0 saturated carbocycles. The number of phenolic OH excluding ortho intramolecular Hbond substituents is 1. The second-order valence-corrected chi connectivity index (χ2v) is 5.74. The molecule has 0 aromatic heterocycles. The van der Waals surface area contributed by atoms with E-state index in [9.17, 15) is 5.11 Å². The molecule has 94 valence electrons. The Hall–Kier alpha value is -0.870. The standard InChI is InChI=1S/C13H20N2OS/c1-17-11-4-6-15(7-5-11)9-10-2-3-13(16)12(14)8-10/h2-3,8,11,16H,4-7,9,14H2,1H3. The second-order valence-electron chi connectivity index (χ2n) is 4.60. The number of thioether (sulfide) groups is 1. The van der Waals surface area contributed by atoms with Gasteiger partial charge in [0.2, 0.25) is 0 Å². The summed E-state index contributed by atoms with van der Waals surface area (Å²) < 4.78 is 0. The normalized spacial score (nSPS) is 18.4. The molecule has 2 rings (SSSR count). The van der Waals surface area contributed by atoms with Gasteiger partial charge in [0, 0.05) is 11.8 Å². The first kappa shape index (κ1) is 12.6. The van der Waals surface area contributed by atoms with Crippen LogP contribution < -0.4 is 5.73 Å². The lowest BCUT2D eigenvalue weighted by Crippen LogP contribution is -2.34. The molecule has 3 N–H and O–H groups in total. The van der Waals surface area contributed by atoms with Crippen LogP contribution in [-0.4, -0.2) is 34.6 Å². The van der Waals surface area contributed by atoms with Crippen molar-refractivity contribution >= 4 is 17.4 Å². The van der Waals surface area contributed by atoms with E-state index in [0.29, 0.717) is 5.69 Å². The van der Waals surface area contributed by atoms with Gasteiger partial charge in [0.15, 0.2) is 0 Å². The summed E-state index contributed by atoms with van der Waals surface area (Å²) in [5.74, 6) is 0.176. The second kappa shape index (κ2) is 5.65. The minimum Gasteiger partial charge on any atom is -0.506 e. The molecule has 3 nitrogen and oxygen atoms in total. The lowest BCUT2D eigenvalue weighted by molar-refractivity contribution is 0.225. The molecule has 1 saturated heterocycles. The van der Waals surface area contributed by atoms with Crippen LogP contribution in [-0.2, 0) is 6.54 Å². The maximum absolute atomic E-state index is 9.37. The van der Waals surface area contributed by atoms with Gasteiger partial charge in [-0.05, 0) is 49.9 Å². The SMILES string of the molecule is CSC1CCN(Cc2ccc(O)c(N)c2)CC1. The summed E-state index contributed by atoms with van der Waals surface area (Å²) in [6, 6.07) is 5.50. The molecule has 0 aliphatic carbocycles. The van der Waals surface area contributed by atoms with Crippen LogP contribution in [0.15, 0.2) is 18.2 Å². The highest BCUT2D eigenvalue weighted by Gasteiger charge is 2.18. The number of nitrogens with zero attached hydrogens (tertiary/aromatic N) is 1. The first-order valence-corrected chi connectivity index (χ1v) is 7.30. The summed E-state index contributed by atoms with van der Waals surface area (Å²) >= 11 is 1.98. The predicted octanol–water partition coefficient (Wildman–Crippen LogP) is 2.30. The Kier molecular flexibility index (Phi) is 4.18. The number of nitrogens with two attached hydrogens (primary N) is 1. The van der Waals surface area contributed by atoms with Crippen molar-refractivity contribution in [1.29, 1.82) is 0 Å². The Morgan fingerprint density at radius 1 is 1.41 bits per heavy atom. The maximum atomic E-state index is 9.37. The van der Waals surface area contributed by atoms with Gasteiger partial charge in [-0.1, -0.05) is 6.07 Å². The number of rotatable bonds is 3. The van der Waals surface area contributed by atoms with Crippen LogP contribution in [0.2, 0.25) is 0 Å². The molecular formula is C13H20N2OS. The van der Waals surface area contributed by atoms with Gasteiger partial charge in [-0.3, -0.25) is 4.90 Å². The first-order valence-electron chi connectivity index (χ1n) is 6.01. The topological polar surface area (TPSA) is 49.5 Å². The number of hydrogen-bond acceptors (Lipinski definition) is 4. The van der Waals surface area contributed by atoms with Crippen LogP contribution in [0.4, 0.5) is 5.69 Å². The molecule has 1 aromatic rings. The molecule has 1 fully saturated rings. The highest BCUT2D eigenvalue weighted by atomic mass is 32.2. The van der Waals surface area contributed by atoms with E-state index in [4.69, 9.17) is 5.73 Å². The molecule has 0 atom stereocenters. The zero-order chi connectivity index (χ0) is 12.3. The lowest BCUT2D eigenvalue weighted by Gasteiger charge is -2.31. The summed E-state index contributed by atoms with van der Waals surface area (Å²) in [5.41, 5.74) is 7.35. The largest absolute Gasteiger partial charge is 0.506 e. The van der Waals surface area contributed by atoms with E-state index in [0.717, 1.165) is 24.9 Å². The molecule has 0 amide bonds. The van der Waals surface area contributed by atoms with Gasteiger partial charge in [0.25, 0.3) is 0 Å². The molecular weight excluding hydrogens is 232 g/mol. The minimum absolute atomic E-state index is 0.176. The number of hydrogen-bond donors (Lipinski definition) is 2. The zero-order valence-electron chi connectivity index (χ0n) is 10.2. The van der Waals surface area contributed by atoms with Crippen LogP contribution in [0.3, 0.4) is 0 Å². The molecule has 0 radical (unpaired) electrons. The van der Waals surface area contributed by atoms with Gasteiger partial charge in [-0.2, -0.15) is 11.8 Å². The lowest BCUT2D eigenvalue weighted by atomic mass is 10.1. The molecule has 0 bridgehead atoms. The fourth-order valence-corrected chi connectivity index (χ4v) is 2.95. The number of nitrogen functional groups attached to an aromatic ring is 1. The third kappa shape index (κ3) is 3.30. The summed E-state index contributed by atoms with van der Waals surface area (Å²) in [4.78, 5) is 2.46. The summed E-state index contributed by atoms with van der Waals surface area (Å²) in [6.07, 6.45) is 4.74. The third-order valence-corrected chi connectivity index (χ3v) is 4.50. The Morgan fingerprint density at radius 3 is 2.71 bits per heavy atom. The zero-order valence-corrected chi connectivity index (χ0v) is 11.0. The number of piperidine rings is 1. The molecule has 17 heavy (non-hydrogen) atoms. The number of likely N-dealkylation sites (tertiary alicyclic amines) is 1. The smallest absolute Gasteiger partial charge is 0.138 e. The van der Waals surface area contributed by atoms with E-state index in [-0.39, 0.29) is 5.75 Å². The summed E-state index contributed by atoms with van der Waals surface area (Å²) in [5, 5.41) is 10.2. The van der Waals surface area contributed by atoms with E-state index in [1.165, 1.54) is 18.4 Å². The van der Waals surface area contributed by atoms with Crippen molar-refractivity contribution in [2.24, 2.45) is 0 Å². The van der Waals surface area contributed by atoms with Gasteiger partial charge in [-0.25, -0.2) is 0 Å². The number of aromatic hydroxyl groups is 1. The molecule has 1 aliphatic heterocycles. The number of phenols is 1. The Bertz CT molecular complexity index is 376. The molecule has 0 spiro atoms. The van der Waals surface area contributed by atoms with Crippen molar-refractivity contribution < 1.29 is 5.11 Å². The van der Waals surface area contributed by atoms with Crippen LogP contribution in [0.25, 0.3) is 0 Å². The Labute approximate surface area is 107 Å². The Balaban J connectivity index is 1.91. The molecule has 1 aliphatic rings. The van der Waals surface area contributed by atoms with Crippen LogP contribution in [0.5, 0.6) is 5.75 Å². The van der Waals surface area contributed by atoms with Crippen LogP contribution in [0, 0.1) is 0 Å². The summed E-state index contributed by atoms with van der Waals surface area (Å²) in [6.45, 7) is 3.25. The first-order chi connectivity index (χ1) is 8.19. The Morgan fingerprint density at radius 2 is 2.12 bits per heavy atom. The highest BCUT2D eigenvalue weighted by molar-refractivity contribution is 7.99.